The van der Waals surface area contributed by atoms with Gasteiger partial charge in [0.15, 0.2) is 23.1 Å². The topological polar surface area (TPSA) is 52.5 Å². The van der Waals surface area contributed by atoms with Crippen LogP contribution in [-0.4, -0.2) is 17.3 Å². The molecule has 1 N–H and O–H groups in total. The average molecular weight is 440 g/mol. The number of carbonyl (C=O) groups is 1. The van der Waals surface area contributed by atoms with E-state index in [1.165, 1.54) is 6.07 Å². The summed E-state index contributed by atoms with van der Waals surface area (Å²) < 4.78 is 40.5. The van der Waals surface area contributed by atoms with Gasteiger partial charge in [0.05, 0.1) is 10.2 Å². The van der Waals surface area contributed by atoms with Crippen LogP contribution in [0.2, 0.25) is 0 Å². The Kier molecular flexibility index (Phi) is 4.86. The third-order valence-electron chi connectivity index (χ3n) is 5.16. The molecule has 8 heteroatoms. The Labute approximate surface area is 180 Å². The molecule has 2 aromatic heterocycles. The van der Waals surface area contributed by atoms with Crippen molar-refractivity contribution in [3.63, 3.8) is 0 Å². The molecule has 1 amide bonds. The molecular formula is C23H18F2N2O3S. The largest absolute Gasteiger partial charge is 0.454 e. The lowest BCUT2D eigenvalue weighted by Gasteiger charge is -2.12. The maximum absolute atomic E-state index is 13.7. The molecule has 0 saturated carbocycles. The zero-order valence-electron chi connectivity index (χ0n) is 16.6. The first kappa shape index (κ1) is 19.6. The SMILES string of the molecule is Cc1cc2c(cc(C(=O)NCc3ccc4c(c3)OCO4)n2Cc2ccc(F)c(F)c2)s1. The maximum Gasteiger partial charge on any atom is 0.268 e. The highest BCUT2D eigenvalue weighted by atomic mass is 32.1. The van der Waals surface area contributed by atoms with Crippen LogP contribution in [0, 0.1) is 18.6 Å². The Morgan fingerprint density at radius 3 is 2.68 bits per heavy atom. The van der Waals surface area contributed by atoms with Crippen LogP contribution in [0.25, 0.3) is 10.2 Å². The van der Waals surface area contributed by atoms with Gasteiger partial charge < -0.3 is 19.4 Å². The summed E-state index contributed by atoms with van der Waals surface area (Å²) >= 11 is 1.58. The Morgan fingerprint density at radius 2 is 1.84 bits per heavy atom. The Morgan fingerprint density at radius 1 is 1.03 bits per heavy atom. The van der Waals surface area contributed by atoms with E-state index in [1.807, 2.05) is 41.8 Å². The molecule has 158 valence electrons. The van der Waals surface area contributed by atoms with Crippen LogP contribution < -0.4 is 14.8 Å². The normalized spacial score (nSPS) is 12.5. The van der Waals surface area contributed by atoms with Crippen molar-refractivity contribution in [1.82, 2.24) is 9.88 Å². The standard InChI is InChI=1S/C23H18F2N2O3S/c1-13-6-18-22(31-13)9-19(27(18)11-15-2-4-16(24)17(25)7-15)23(28)26-10-14-3-5-20-21(8-14)30-12-29-20/h2-9H,10-12H2,1H3,(H,26,28). The summed E-state index contributed by atoms with van der Waals surface area (Å²) in [6, 6.07) is 13.1. The fourth-order valence-corrected chi connectivity index (χ4v) is 4.63. The van der Waals surface area contributed by atoms with Crippen molar-refractivity contribution in [2.45, 2.75) is 20.0 Å². The van der Waals surface area contributed by atoms with E-state index >= 15 is 0 Å². The molecule has 0 unspecified atom stereocenters. The smallest absolute Gasteiger partial charge is 0.268 e. The van der Waals surface area contributed by atoms with Gasteiger partial charge in [0, 0.05) is 18.0 Å². The molecule has 5 nitrogen and oxygen atoms in total. The summed E-state index contributed by atoms with van der Waals surface area (Å²) in [5, 5.41) is 2.93. The van der Waals surface area contributed by atoms with Crippen LogP contribution in [0.4, 0.5) is 8.78 Å². The summed E-state index contributed by atoms with van der Waals surface area (Å²) in [4.78, 5) is 14.1. The van der Waals surface area contributed by atoms with Crippen molar-refractivity contribution in [1.29, 1.82) is 0 Å². The van der Waals surface area contributed by atoms with E-state index in [1.54, 1.807) is 11.3 Å². The van der Waals surface area contributed by atoms with E-state index in [0.29, 0.717) is 29.3 Å². The highest BCUT2D eigenvalue weighted by Crippen LogP contribution is 2.33. The number of fused-ring (bicyclic) bond motifs is 2. The van der Waals surface area contributed by atoms with Gasteiger partial charge in [0.25, 0.3) is 5.91 Å². The van der Waals surface area contributed by atoms with Crippen LogP contribution >= 0.6 is 11.3 Å². The van der Waals surface area contributed by atoms with Crippen LogP contribution in [-0.2, 0) is 13.1 Å². The van der Waals surface area contributed by atoms with Gasteiger partial charge in [-0.2, -0.15) is 0 Å². The third-order valence-corrected chi connectivity index (χ3v) is 6.15. The quantitative estimate of drug-likeness (QED) is 0.475. The van der Waals surface area contributed by atoms with E-state index in [2.05, 4.69) is 5.32 Å². The monoisotopic (exact) mass is 440 g/mol. The molecule has 0 radical (unpaired) electrons. The summed E-state index contributed by atoms with van der Waals surface area (Å²) in [5.41, 5.74) is 2.81. The molecule has 0 spiro atoms. The van der Waals surface area contributed by atoms with Crippen LogP contribution in [0.5, 0.6) is 11.5 Å². The molecule has 3 heterocycles. The third kappa shape index (κ3) is 3.74. The lowest BCUT2D eigenvalue weighted by molar-refractivity contribution is 0.0942. The Balaban J connectivity index is 1.41. The van der Waals surface area contributed by atoms with E-state index < -0.39 is 11.6 Å². The number of halogens is 2. The highest BCUT2D eigenvalue weighted by Gasteiger charge is 2.19. The summed E-state index contributed by atoms with van der Waals surface area (Å²) in [6.45, 7) is 2.76. The predicted octanol–water partition coefficient (Wildman–Crippen LogP) is 5.00. The first-order chi connectivity index (χ1) is 15.0. The maximum atomic E-state index is 13.7. The molecule has 0 atom stereocenters. The second-order valence-electron chi connectivity index (χ2n) is 7.34. The lowest BCUT2D eigenvalue weighted by Crippen LogP contribution is -2.25. The predicted molar refractivity (Wildman–Crippen MR) is 114 cm³/mol. The molecule has 0 bridgehead atoms. The van der Waals surface area contributed by atoms with Gasteiger partial charge in [-0.1, -0.05) is 12.1 Å². The second-order valence-corrected chi connectivity index (χ2v) is 8.63. The van der Waals surface area contributed by atoms with E-state index in [9.17, 15) is 13.6 Å². The molecule has 1 aliphatic heterocycles. The number of nitrogens with zero attached hydrogens (tertiary/aromatic N) is 1. The minimum atomic E-state index is -0.906. The number of aryl methyl sites for hydroxylation is 1. The minimum Gasteiger partial charge on any atom is -0.454 e. The van der Waals surface area contributed by atoms with Crippen molar-refractivity contribution >= 4 is 27.5 Å². The van der Waals surface area contributed by atoms with Crippen molar-refractivity contribution in [3.8, 4) is 11.5 Å². The van der Waals surface area contributed by atoms with Gasteiger partial charge in [0.1, 0.15) is 5.69 Å². The zero-order valence-corrected chi connectivity index (χ0v) is 17.4. The second kappa shape index (κ2) is 7.70. The van der Waals surface area contributed by atoms with Gasteiger partial charge in [-0.25, -0.2) is 8.78 Å². The zero-order chi connectivity index (χ0) is 21.5. The molecule has 1 aliphatic rings. The fraction of sp³-hybridized carbons (Fsp3) is 0.174. The number of nitrogens with one attached hydrogen (secondary N) is 1. The molecule has 0 fully saturated rings. The number of aromatic nitrogens is 1. The van der Waals surface area contributed by atoms with Crippen molar-refractivity contribution < 1.29 is 23.0 Å². The first-order valence-electron chi connectivity index (χ1n) is 9.68. The number of hydrogen-bond acceptors (Lipinski definition) is 4. The van der Waals surface area contributed by atoms with E-state index in [-0.39, 0.29) is 19.2 Å². The molecule has 4 aromatic rings. The molecule has 2 aromatic carbocycles. The van der Waals surface area contributed by atoms with Crippen LogP contribution in [0.3, 0.4) is 0 Å². The van der Waals surface area contributed by atoms with Crippen LogP contribution in [0.1, 0.15) is 26.5 Å². The fourth-order valence-electron chi connectivity index (χ4n) is 3.67. The molecule has 31 heavy (non-hydrogen) atoms. The number of hydrogen-bond donors (Lipinski definition) is 1. The summed E-state index contributed by atoms with van der Waals surface area (Å²) in [7, 11) is 0. The van der Waals surface area contributed by atoms with E-state index in [0.717, 1.165) is 32.8 Å². The van der Waals surface area contributed by atoms with Crippen molar-refractivity contribution in [2.75, 3.05) is 6.79 Å². The number of ether oxygens (including phenoxy) is 2. The Bertz CT molecular complexity index is 1310. The van der Waals surface area contributed by atoms with Gasteiger partial charge in [-0.05, 0) is 54.4 Å². The number of benzene rings is 2. The highest BCUT2D eigenvalue weighted by molar-refractivity contribution is 7.19. The number of amides is 1. The molecule has 0 saturated heterocycles. The van der Waals surface area contributed by atoms with Gasteiger partial charge in [-0.15, -0.1) is 11.3 Å². The molecular weight excluding hydrogens is 422 g/mol. The minimum absolute atomic E-state index is 0.193. The first-order valence-corrected chi connectivity index (χ1v) is 10.5. The number of carbonyl (C=O) groups excluding carboxylic acids is 1. The van der Waals surface area contributed by atoms with Gasteiger partial charge in [-0.3, -0.25) is 4.79 Å². The summed E-state index contributed by atoms with van der Waals surface area (Å²) in [5.74, 6) is -0.706. The lowest BCUT2D eigenvalue weighted by atomic mass is 10.2. The van der Waals surface area contributed by atoms with Crippen molar-refractivity contribution in [2.24, 2.45) is 0 Å². The number of rotatable bonds is 5. The van der Waals surface area contributed by atoms with Crippen molar-refractivity contribution in [3.05, 3.63) is 81.9 Å². The van der Waals surface area contributed by atoms with E-state index in [4.69, 9.17) is 9.47 Å². The summed E-state index contributed by atoms with van der Waals surface area (Å²) in [6.07, 6.45) is 0. The van der Waals surface area contributed by atoms with Crippen LogP contribution in [0.15, 0.2) is 48.5 Å². The van der Waals surface area contributed by atoms with Gasteiger partial charge in [0.2, 0.25) is 6.79 Å². The van der Waals surface area contributed by atoms with Gasteiger partial charge >= 0.3 is 0 Å². The average Bonchev–Trinajstić information content (AvgIpc) is 3.44. The Hall–Kier alpha value is -3.39. The molecule has 0 aliphatic carbocycles. The number of thiophene rings is 1. The molecule has 5 rings (SSSR count).